The molecule has 0 spiro atoms. The topological polar surface area (TPSA) is 66.0 Å². The number of nitrogens with two attached hydrogens (primary N) is 1. The Hall–Kier alpha value is -1.88. The predicted molar refractivity (Wildman–Crippen MR) is 70.2 cm³/mol. The van der Waals surface area contributed by atoms with E-state index in [1.165, 1.54) is 0 Å². The maximum Gasteiger partial charge on any atom is 0.140 e. The van der Waals surface area contributed by atoms with Crippen molar-refractivity contribution in [2.24, 2.45) is 7.05 Å². The van der Waals surface area contributed by atoms with E-state index < -0.39 is 0 Å². The predicted octanol–water partition coefficient (Wildman–Crippen LogP) is 1.57. The van der Waals surface area contributed by atoms with E-state index in [1.807, 2.05) is 29.8 Å². The number of hydrogen-bond donors (Lipinski definition) is 1. The third-order valence-electron chi connectivity index (χ3n) is 2.98. The number of ether oxygens (including phenoxy) is 1. The van der Waals surface area contributed by atoms with E-state index in [2.05, 4.69) is 16.3 Å². The highest BCUT2D eigenvalue weighted by Gasteiger charge is 2.19. The number of nitrogens with zero attached hydrogens (tertiary/aromatic N) is 3. The molecular weight excluding hydrogens is 228 g/mol. The lowest BCUT2D eigenvalue weighted by Crippen LogP contribution is -2.10. The van der Waals surface area contributed by atoms with Gasteiger partial charge in [-0.2, -0.15) is 0 Å². The number of methoxy groups -OCH3 is 1. The third-order valence-corrected chi connectivity index (χ3v) is 2.98. The van der Waals surface area contributed by atoms with Gasteiger partial charge in [0.05, 0.1) is 0 Å². The van der Waals surface area contributed by atoms with E-state index in [0.29, 0.717) is 6.61 Å². The second kappa shape index (κ2) is 5.64. The molecule has 5 nitrogen and oxygen atoms in total. The van der Waals surface area contributed by atoms with Gasteiger partial charge < -0.3 is 15.0 Å². The lowest BCUT2D eigenvalue weighted by atomic mass is 9.94. The molecule has 2 rings (SSSR count). The number of hydrogen-bond acceptors (Lipinski definition) is 4. The van der Waals surface area contributed by atoms with Crippen LogP contribution >= 0.6 is 0 Å². The molecule has 0 bridgehead atoms. The van der Waals surface area contributed by atoms with Crippen molar-refractivity contribution in [1.29, 1.82) is 0 Å². The summed E-state index contributed by atoms with van der Waals surface area (Å²) < 4.78 is 7.11. The first-order chi connectivity index (χ1) is 8.72. The highest BCUT2D eigenvalue weighted by molar-refractivity contribution is 5.43. The monoisotopic (exact) mass is 246 g/mol. The van der Waals surface area contributed by atoms with Gasteiger partial charge in [-0.1, -0.05) is 12.1 Å². The lowest BCUT2D eigenvalue weighted by molar-refractivity contribution is 0.190. The average Bonchev–Trinajstić information content (AvgIpc) is 2.77. The average molecular weight is 246 g/mol. The van der Waals surface area contributed by atoms with Gasteiger partial charge in [-0.15, -0.1) is 10.2 Å². The van der Waals surface area contributed by atoms with Gasteiger partial charge in [0, 0.05) is 32.4 Å². The molecule has 2 aromatic rings. The molecule has 0 aliphatic carbocycles. The van der Waals surface area contributed by atoms with Crippen LogP contribution in [0.3, 0.4) is 0 Å². The molecule has 18 heavy (non-hydrogen) atoms. The number of aromatic nitrogens is 3. The van der Waals surface area contributed by atoms with Crippen LogP contribution in [0.15, 0.2) is 30.6 Å². The molecule has 2 N–H and O–H groups in total. The van der Waals surface area contributed by atoms with Crippen molar-refractivity contribution in [3.8, 4) is 0 Å². The van der Waals surface area contributed by atoms with Crippen molar-refractivity contribution in [3.05, 3.63) is 42.0 Å². The number of benzene rings is 1. The SMILES string of the molecule is COCCC(c1cccc(N)c1)c1nncn1C. The van der Waals surface area contributed by atoms with E-state index in [-0.39, 0.29) is 5.92 Å². The zero-order chi connectivity index (χ0) is 13.0. The summed E-state index contributed by atoms with van der Waals surface area (Å²) in [5, 5.41) is 8.13. The number of nitrogen functional groups attached to an aromatic ring is 1. The zero-order valence-corrected chi connectivity index (χ0v) is 10.7. The van der Waals surface area contributed by atoms with Crippen LogP contribution in [0.25, 0.3) is 0 Å². The minimum absolute atomic E-state index is 0.154. The number of aryl methyl sites for hydroxylation is 1. The van der Waals surface area contributed by atoms with Crippen molar-refractivity contribution in [3.63, 3.8) is 0 Å². The van der Waals surface area contributed by atoms with E-state index >= 15 is 0 Å². The fourth-order valence-electron chi connectivity index (χ4n) is 2.06. The standard InChI is InChI=1S/C13H18N4O/c1-17-9-15-16-13(17)12(6-7-18-2)10-4-3-5-11(14)8-10/h3-5,8-9,12H,6-7,14H2,1-2H3. The van der Waals surface area contributed by atoms with Gasteiger partial charge in [-0.05, 0) is 24.1 Å². The minimum Gasteiger partial charge on any atom is -0.399 e. The van der Waals surface area contributed by atoms with Crippen LogP contribution in [0.5, 0.6) is 0 Å². The number of rotatable bonds is 5. The summed E-state index contributed by atoms with van der Waals surface area (Å²) in [6.07, 6.45) is 2.56. The van der Waals surface area contributed by atoms with E-state index in [0.717, 1.165) is 23.5 Å². The smallest absolute Gasteiger partial charge is 0.140 e. The molecule has 1 aromatic carbocycles. The van der Waals surface area contributed by atoms with Crippen molar-refractivity contribution in [2.45, 2.75) is 12.3 Å². The van der Waals surface area contributed by atoms with Crippen LogP contribution in [0.2, 0.25) is 0 Å². The molecule has 0 fully saturated rings. The highest BCUT2D eigenvalue weighted by atomic mass is 16.5. The molecule has 1 aromatic heterocycles. The maximum atomic E-state index is 5.84. The van der Waals surface area contributed by atoms with Gasteiger partial charge in [0.15, 0.2) is 0 Å². The van der Waals surface area contributed by atoms with Crippen LogP contribution in [-0.4, -0.2) is 28.5 Å². The third kappa shape index (κ3) is 2.68. The Balaban J connectivity index is 2.33. The first kappa shape index (κ1) is 12.6. The van der Waals surface area contributed by atoms with Crippen molar-refractivity contribution in [2.75, 3.05) is 19.5 Å². The van der Waals surface area contributed by atoms with E-state index in [4.69, 9.17) is 10.5 Å². The number of anilines is 1. The molecule has 0 radical (unpaired) electrons. The van der Waals surface area contributed by atoms with Crippen LogP contribution in [0.1, 0.15) is 23.7 Å². The Bertz CT molecular complexity index is 509. The Morgan fingerprint density at radius 2 is 2.28 bits per heavy atom. The minimum atomic E-state index is 0.154. The summed E-state index contributed by atoms with van der Waals surface area (Å²) in [6, 6.07) is 7.88. The van der Waals surface area contributed by atoms with Gasteiger partial charge in [0.25, 0.3) is 0 Å². The first-order valence-electron chi connectivity index (χ1n) is 5.90. The Morgan fingerprint density at radius 1 is 1.44 bits per heavy atom. The highest BCUT2D eigenvalue weighted by Crippen LogP contribution is 2.27. The Kier molecular flexibility index (Phi) is 3.94. The second-order valence-electron chi connectivity index (χ2n) is 4.30. The summed E-state index contributed by atoms with van der Waals surface area (Å²) in [5.74, 6) is 1.08. The summed E-state index contributed by atoms with van der Waals surface area (Å²) in [7, 11) is 3.65. The van der Waals surface area contributed by atoms with E-state index in [1.54, 1.807) is 13.4 Å². The normalized spacial score (nSPS) is 12.6. The molecule has 1 heterocycles. The van der Waals surface area contributed by atoms with Gasteiger partial charge in [-0.3, -0.25) is 0 Å². The van der Waals surface area contributed by atoms with Crippen LogP contribution < -0.4 is 5.73 Å². The fourth-order valence-corrected chi connectivity index (χ4v) is 2.06. The Morgan fingerprint density at radius 3 is 2.89 bits per heavy atom. The molecule has 1 unspecified atom stereocenters. The maximum absolute atomic E-state index is 5.84. The second-order valence-corrected chi connectivity index (χ2v) is 4.30. The molecule has 5 heteroatoms. The fraction of sp³-hybridized carbons (Fsp3) is 0.385. The van der Waals surface area contributed by atoms with Gasteiger partial charge in [-0.25, -0.2) is 0 Å². The molecule has 0 saturated carbocycles. The summed E-state index contributed by atoms with van der Waals surface area (Å²) in [4.78, 5) is 0. The van der Waals surface area contributed by atoms with Crippen LogP contribution in [0.4, 0.5) is 5.69 Å². The van der Waals surface area contributed by atoms with Gasteiger partial charge in [0.2, 0.25) is 0 Å². The first-order valence-corrected chi connectivity index (χ1v) is 5.90. The quantitative estimate of drug-likeness (QED) is 0.813. The Labute approximate surface area is 107 Å². The molecular formula is C13H18N4O. The molecule has 0 aliphatic rings. The molecule has 96 valence electrons. The summed E-state index contributed by atoms with van der Waals surface area (Å²) in [6.45, 7) is 0.673. The van der Waals surface area contributed by atoms with Crippen molar-refractivity contribution in [1.82, 2.24) is 14.8 Å². The lowest BCUT2D eigenvalue weighted by Gasteiger charge is -2.16. The van der Waals surface area contributed by atoms with Crippen molar-refractivity contribution < 1.29 is 4.74 Å². The molecule has 0 aliphatic heterocycles. The van der Waals surface area contributed by atoms with Crippen LogP contribution in [0, 0.1) is 0 Å². The largest absolute Gasteiger partial charge is 0.399 e. The summed E-state index contributed by atoms with van der Waals surface area (Å²) >= 11 is 0. The van der Waals surface area contributed by atoms with Crippen LogP contribution in [-0.2, 0) is 11.8 Å². The zero-order valence-electron chi connectivity index (χ0n) is 10.7. The van der Waals surface area contributed by atoms with Gasteiger partial charge in [0.1, 0.15) is 12.2 Å². The molecule has 0 amide bonds. The molecule has 0 saturated heterocycles. The summed E-state index contributed by atoms with van der Waals surface area (Å²) in [5.41, 5.74) is 7.75. The van der Waals surface area contributed by atoms with Gasteiger partial charge >= 0.3 is 0 Å². The molecule has 1 atom stereocenters. The van der Waals surface area contributed by atoms with E-state index in [9.17, 15) is 0 Å². The van der Waals surface area contributed by atoms with Crippen molar-refractivity contribution >= 4 is 5.69 Å².